The van der Waals surface area contributed by atoms with Gasteiger partial charge in [-0.25, -0.2) is 4.39 Å². The van der Waals surface area contributed by atoms with Crippen molar-refractivity contribution in [1.29, 1.82) is 0 Å². The summed E-state index contributed by atoms with van der Waals surface area (Å²) in [7, 11) is 0. The van der Waals surface area contributed by atoms with E-state index in [1.54, 1.807) is 17.7 Å². The number of nitrogens with one attached hydrogen (secondary N) is 1. The predicted molar refractivity (Wildman–Crippen MR) is 119 cm³/mol. The van der Waals surface area contributed by atoms with Crippen molar-refractivity contribution < 1.29 is 4.39 Å². The Morgan fingerprint density at radius 3 is 2.67 bits per heavy atom. The second-order valence-electron chi connectivity index (χ2n) is 7.63. The monoisotopic (exact) mass is 424 g/mol. The maximum absolute atomic E-state index is 14.2. The molecule has 0 atom stereocenters. The molecular formula is C24H26ClFN4. The van der Waals surface area contributed by atoms with Crippen LogP contribution in [0.4, 0.5) is 4.39 Å². The molecule has 1 aromatic heterocycles. The first-order chi connectivity index (χ1) is 14.7. The smallest absolute Gasteiger partial charge is 0.129 e. The molecule has 4 rings (SSSR count). The molecule has 0 amide bonds. The Labute approximate surface area is 181 Å². The van der Waals surface area contributed by atoms with Gasteiger partial charge in [0.25, 0.3) is 0 Å². The third-order valence-electron chi connectivity index (χ3n) is 5.43. The first kappa shape index (κ1) is 20.8. The molecule has 0 saturated carbocycles. The van der Waals surface area contributed by atoms with Gasteiger partial charge in [0.1, 0.15) is 17.2 Å². The molecule has 1 N–H and O–H groups in total. The summed E-state index contributed by atoms with van der Waals surface area (Å²) in [5.41, 5.74) is 4.61. The highest BCUT2D eigenvalue weighted by atomic mass is 35.5. The summed E-state index contributed by atoms with van der Waals surface area (Å²) < 4.78 is 14.2. The molecule has 0 unspecified atom stereocenters. The van der Waals surface area contributed by atoms with E-state index in [1.165, 1.54) is 36.5 Å². The molecule has 6 heteroatoms. The van der Waals surface area contributed by atoms with Gasteiger partial charge < -0.3 is 5.32 Å². The van der Waals surface area contributed by atoms with E-state index in [-0.39, 0.29) is 12.4 Å². The first-order valence-corrected chi connectivity index (χ1v) is 10.9. The van der Waals surface area contributed by atoms with Crippen LogP contribution in [0.1, 0.15) is 43.4 Å². The molecule has 0 spiro atoms. The van der Waals surface area contributed by atoms with Crippen molar-refractivity contribution in [3.63, 3.8) is 0 Å². The molecule has 2 aromatic carbocycles. The van der Waals surface area contributed by atoms with E-state index in [0.29, 0.717) is 17.1 Å². The van der Waals surface area contributed by atoms with E-state index in [1.807, 2.05) is 30.3 Å². The van der Waals surface area contributed by atoms with Crippen LogP contribution in [0.25, 0.3) is 11.3 Å². The Balaban J connectivity index is 1.50. The number of nitrogens with zero attached hydrogens (tertiary/aromatic N) is 3. The minimum absolute atomic E-state index is 0.193. The Bertz CT molecular complexity index is 993. The lowest BCUT2D eigenvalue weighted by molar-refractivity contribution is 0.542. The van der Waals surface area contributed by atoms with Crippen molar-refractivity contribution in [1.82, 2.24) is 20.3 Å². The summed E-state index contributed by atoms with van der Waals surface area (Å²) in [5, 5.41) is 13.2. The molecule has 1 aliphatic rings. The summed E-state index contributed by atoms with van der Waals surface area (Å²) in [5.74, 6) is -0.346. The lowest BCUT2D eigenvalue weighted by Crippen LogP contribution is -2.17. The van der Waals surface area contributed by atoms with Crippen molar-refractivity contribution in [2.45, 2.75) is 45.2 Å². The van der Waals surface area contributed by atoms with Crippen molar-refractivity contribution in [3.05, 3.63) is 82.3 Å². The van der Waals surface area contributed by atoms with Crippen LogP contribution in [0.2, 0.25) is 5.02 Å². The number of benzene rings is 2. The van der Waals surface area contributed by atoms with Crippen LogP contribution in [-0.4, -0.2) is 21.5 Å². The molecule has 0 saturated heterocycles. The van der Waals surface area contributed by atoms with Crippen LogP contribution >= 0.6 is 11.6 Å². The minimum atomic E-state index is -0.346. The molecular weight excluding hydrogens is 399 g/mol. The summed E-state index contributed by atoms with van der Waals surface area (Å²) in [6.45, 7) is 1.72. The van der Waals surface area contributed by atoms with Crippen LogP contribution in [0.5, 0.6) is 0 Å². The van der Waals surface area contributed by atoms with Gasteiger partial charge in [-0.15, -0.1) is 0 Å². The fourth-order valence-electron chi connectivity index (χ4n) is 3.80. The van der Waals surface area contributed by atoms with Crippen molar-refractivity contribution in [2.24, 2.45) is 0 Å². The van der Waals surface area contributed by atoms with Gasteiger partial charge in [0.15, 0.2) is 0 Å². The van der Waals surface area contributed by atoms with Crippen LogP contribution in [0.3, 0.4) is 0 Å². The molecule has 4 nitrogen and oxygen atoms in total. The van der Waals surface area contributed by atoms with Gasteiger partial charge in [-0.1, -0.05) is 59.6 Å². The van der Waals surface area contributed by atoms with E-state index in [9.17, 15) is 4.39 Å². The molecule has 0 radical (unpaired) electrons. The van der Waals surface area contributed by atoms with Crippen molar-refractivity contribution in [3.8, 4) is 11.3 Å². The third-order valence-corrected chi connectivity index (χ3v) is 5.79. The van der Waals surface area contributed by atoms with Gasteiger partial charge >= 0.3 is 0 Å². The summed E-state index contributed by atoms with van der Waals surface area (Å²) in [6, 6.07) is 14.7. The minimum Gasteiger partial charge on any atom is -0.311 e. The Morgan fingerprint density at radius 1 is 1.03 bits per heavy atom. The number of hydrogen-bond donors (Lipinski definition) is 1. The molecule has 30 heavy (non-hydrogen) atoms. The van der Waals surface area contributed by atoms with Crippen LogP contribution < -0.4 is 5.32 Å². The number of allylic oxidation sites excluding steroid dienone is 1. The van der Waals surface area contributed by atoms with E-state index >= 15 is 0 Å². The average Bonchev–Trinajstić information content (AvgIpc) is 3.18. The topological polar surface area (TPSA) is 42.7 Å². The largest absolute Gasteiger partial charge is 0.311 e. The van der Waals surface area contributed by atoms with Gasteiger partial charge in [0, 0.05) is 22.7 Å². The maximum atomic E-state index is 14.2. The van der Waals surface area contributed by atoms with Crippen LogP contribution in [0, 0.1) is 5.82 Å². The molecule has 0 bridgehead atoms. The normalized spacial score (nSPS) is 14.0. The average molecular weight is 425 g/mol. The van der Waals surface area contributed by atoms with E-state index in [2.05, 4.69) is 21.6 Å². The van der Waals surface area contributed by atoms with Crippen molar-refractivity contribution >= 4 is 11.6 Å². The fourth-order valence-corrected chi connectivity index (χ4v) is 4.03. The zero-order valence-electron chi connectivity index (χ0n) is 17.0. The zero-order valence-corrected chi connectivity index (χ0v) is 17.7. The number of aromatic nitrogens is 3. The predicted octanol–water partition coefficient (Wildman–Crippen LogP) is 5.77. The lowest BCUT2D eigenvalue weighted by Gasteiger charge is -2.12. The third kappa shape index (κ3) is 5.15. The molecule has 1 aliphatic carbocycles. The maximum Gasteiger partial charge on any atom is 0.129 e. The zero-order chi connectivity index (χ0) is 20.8. The van der Waals surface area contributed by atoms with Gasteiger partial charge in [0.05, 0.1) is 6.54 Å². The summed E-state index contributed by atoms with van der Waals surface area (Å²) >= 11 is 6.19. The number of rotatable bonds is 8. The van der Waals surface area contributed by atoms with Gasteiger partial charge in [-0.3, -0.25) is 0 Å². The highest BCUT2D eigenvalue weighted by molar-refractivity contribution is 6.31. The van der Waals surface area contributed by atoms with Crippen LogP contribution in [-0.2, 0) is 13.1 Å². The van der Waals surface area contributed by atoms with Crippen LogP contribution in [0.15, 0.2) is 60.2 Å². The second kappa shape index (κ2) is 10.0. The fraction of sp³-hybridized carbons (Fsp3) is 0.333. The number of halogens is 2. The molecule has 156 valence electrons. The standard InChI is InChI=1S/C24H26ClFN4/c25-21-12-7-13-22(26)20(21)17-30-28-23(24(29-30)19-10-5-2-6-11-19)16-27-15-14-18-8-3-1-4-9-18/h2,5-8,10-13,27H,1,3-4,9,14-17H2. The Kier molecular flexibility index (Phi) is 6.92. The van der Waals surface area contributed by atoms with E-state index in [4.69, 9.17) is 11.6 Å². The summed E-state index contributed by atoms with van der Waals surface area (Å²) in [4.78, 5) is 1.54. The van der Waals surface area contributed by atoms with Crippen molar-refractivity contribution in [2.75, 3.05) is 6.54 Å². The molecule has 0 fully saturated rings. The van der Waals surface area contributed by atoms with Gasteiger partial charge in [-0.05, 0) is 50.8 Å². The molecule has 1 heterocycles. The second-order valence-corrected chi connectivity index (χ2v) is 8.03. The first-order valence-electron chi connectivity index (χ1n) is 10.5. The van der Waals surface area contributed by atoms with Gasteiger partial charge in [0.2, 0.25) is 0 Å². The molecule has 0 aliphatic heterocycles. The highest BCUT2D eigenvalue weighted by Gasteiger charge is 2.15. The van der Waals surface area contributed by atoms with E-state index < -0.39 is 0 Å². The highest BCUT2D eigenvalue weighted by Crippen LogP contribution is 2.23. The Morgan fingerprint density at radius 2 is 1.90 bits per heavy atom. The summed E-state index contributed by atoms with van der Waals surface area (Å²) in [6.07, 6.45) is 8.50. The SMILES string of the molecule is Fc1cccc(Cl)c1Cn1nc(CNCCC2=CCCCC2)c(-c2ccccc2)n1. The Hall–Kier alpha value is -2.50. The quantitative estimate of drug-likeness (QED) is 0.369. The van der Waals surface area contributed by atoms with Gasteiger partial charge in [-0.2, -0.15) is 15.0 Å². The van der Waals surface area contributed by atoms with E-state index in [0.717, 1.165) is 29.9 Å². The lowest BCUT2D eigenvalue weighted by atomic mass is 9.97. The number of hydrogen-bond acceptors (Lipinski definition) is 3. The molecule has 3 aromatic rings.